The Hall–Kier alpha value is -2.30. The van der Waals surface area contributed by atoms with Crippen molar-refractivity contribution in [1.82, 2.24) is 19.9 Å². The summed E-state index contributed by atoms with van der Waals surface area (Å²) >= 11 is 0. The minimum atomic E-state index is 0.0711. The molecule has 2 aliphatic heterocycles. The molecule has 2 aliphatic rings. The van der Waals surface area contributed by atoms with Crippen molar-refractivity contribution in [1.29, 1.82) is 0 Å². The second kappa shape index (κ2) is 4.62. The summed E-state index contributed by atoms with van der Waals surface area (Å²) in [6.07, 6.45) is 8.09. The van der Waals surface area contributed by atoms with E-state index >= 15 is 0 Å². The number of pyridine rings is 1. The lowest BCUT2D eigenvalue weighted by Crippen LogP contribution is -2.42. The summed E-state index contributed by atoms with van der Waals surface area (Å²) in [6.45, 7) is 1.91. The molecule has 2 bridgehead atoms. The fourth-order valence-corrected chi connectivity index (χ4v) is 3.53. The Labute approximate surface area is 123 Å². The Morgan fingerprint density at radius 1 is 1.33 bits per heavy atom. The fraction of sp³-hybridized carbons (Fsp3) is 0.375. The van der Waals surface area contributed by atoms with Crippen LogP contribution in [0.4, 0.5) is 0 Å². The molecule has 5 heteroatoms. The zero-order chi connectivity index (χ0) is 14.4. The van der Waals surface area contributed by atoms with E-state index in [0.29, 0.717) is 5.56 Å². The molecule has 5 nitrogen and oxygen atoms in total. The van der Waals surface area contributed by atoms with E-state index in [1.54, 1.807) is 18.5 Å². The number of aryl methyl sites for hydroxylation is 1. The molecule has 0 spiro atoms. The summed E-state index contributed by atoms with van der Waals surface area (Å²) in [5.74, 6) is 0.877. The molecule has 2 aromatic heterocycles. The van der Waals surface area contributed by atoms with Gasteiger partial charge in [0.2, 0.25) is 0 Å². The molecule has 0 N–H and O–H groups in total. The highest BCUT2D eigenvalue weighted by Crippen LogP contribution is 2.43. The van der Waals surface area contributed by atoms with Crippen LogP contribution in [0.1, 0.15) is 46.3 Å². The molecule has 0 aromatic carbocycles. The molecule has 0 radical (unpaired) electrons. The van der Waals surface area contributed by atoms with Crippen molar-refractivity contribution in [3.63, 3.8) is 0 Å². The number of hydrogen-bond acceptors (Lipinski definition) is 4. The second-order valence-corrected chi connectivity index (χ2v) is 5.72. The smallest absolute Gasteiger partial charge is 0.256 e. The summed E-state index contributed by atoms with van der Waals surface area (Å²) in [5.41, 5.74) is 2.89. The standard InChI is InChI=1S/C16H16N4O/c1-10-18-9-13-14(19-10)7-12-4-5-15(13)20(12)16(21)11-3-2-6-17-8-11/h2-3,6,8-9,12,15H,4-5,7H2,1H3/t12-,15-/m0/s1. The fourth-order valence-electron chi connectivity index (χ4n) is 3.53. The summed E-state index contributed by atoms with van der Waals surface area (Å²) < 4.78 is 0. The normalized spacial score (nSPS) is 23.0. The van der Waals surface area contributed by atoms with Crippen molar-refractivity contribution >= 4 is 5.91 Å². The topological polar surface area (TPSA) is 59.0 Å². The SMILES string of the molecule is Cc1ncc2c(n1)C[C@@H]1CC[C@@H]2N1C(=O)c1cccnc1. The van der Waals surface area contributed by atoms with Gasteiger partial charge < -0.3 is 4.90 Å². The molecule has 0 unspecified atom stereocenters. The zero-order valence-electron chi connectivity index (χ0n) is 11.9. The number of fused-ring (bicyclic) bond motifs is 4. The van der Waals surface area contributed by atoms with E-state index in [1.165, 1.54) is 0 Å². The summed E-state index contributed by atoms with van der Waals surface area (Å²) in [5, 5.41) is 0. The average Bonchev–Trinajstić information content (AvgIpc) is 2.82. The van der Waals surface area contributed by atoms with Gasteiger partial charge in [-0.15, -0.1) is 0 Å². The van der Waals surface area contributed by atoms with Crippen LogP contribution in [0.5, 0.6) is 0 Å². The van der Waals surface area contributed by atoms with E-state index in [0.717, 1.165) is 36.3 Å². The van der Waals surface area contributed by atoms with Crippen LogP contribution in [0.3, 0.4) is 0 Å². The van der Waals surface area contributed by atoms with Crippen molar-refractivity contribution in [2.24, 2.45) is 0 Å². The number of nitrogens with zero attached hydrogens (tertiary/aromatic N) is 4. The third-order valence-electron chi connectivity index (χ3n) is 4.45. The first kappa shape index (κ1) is 12.4. The van der Waals surface area contributed by atoms with Gasteiger partial charge in [0, 0.05) is 36.6 Å². The van der Waals surface area contributed by atoms with E-state index in [1.807, 2.05) is 24.1 Å². The Morgan fingerprint density at radius 3 is 3.05 bits per heavy atom. The largest absolute Gasteiger partial charge is 0.328 e. The number of aromatic nitrogens is 3. The number of carbonyl (C=O) groups excluding carboxylic acids is 1. The van der Waals surface area contributed by atoms with Gasteiger partial charge in [-0.1, -0.05) is 0 Å². The molecule has 0 saturated carbocycles. The van der Waals surface area contributed by atoms with Crippen molar-refractivity contribution in [3.05, 3.63) is 53.4 Å². The first-order valence-electron chi connectivity index (χ1n) is 7.29. The molecule has 2 atom stereocenters. The molecule has 4 rings (SSSR count). The maximum Gasteiger partial charge on any atom is 0.256 e. The third kappa shape index (κ3) is 1.92. The summed E-state index contributed by atoms with van der Waals surface area (Å²) in [4.78, 5) is 27.7. The van der Waals surface area contributed by atoms with Crippen LogP contribution in [0.25, 0.3) is 0 Å². The van der Waals surface area contributed by atoms with Gasteiger partial charge >= 0.3 is 0 Å². The van der Waals surface area contributed by atoms with Crippen LogP contribution in [0.15, 0.2) is 30.7 Å². The van der Waals surface area contributed by atoms with Crippen LogP contribution in [-0.4, -0.2) is 31.8 Å². The second-order valence-electron chi connectivity index (χ2n) is 5.72. The molecular formula is C16H16N4O. The third-order valence-corrected chi connectivity index (χ3v) is 4.45. The molecule has 2 aromatic rings. The minimum Gasteiger partial charge on any atom is -0.328 e. The molecule has 1 fully saturated rings. The van der Waals surface area contributed by atoms with Crippen molar-refractivity contribution in [2.45, 2.75) is 38.3 Å². The van der Waals surface area contributed by atoms with Crippen LogP contribution in [0, 0.1) is 6.92 Å². The number of amides is 1. The van der Waals surface area contributed by atoms with Crippen LogP contribution >= 0.6 is 0 Å². The highest BCUT2D eigenvalue weighted by molar-refractivity contribution is 5.94. The Balaban J connectivity index is 1.73. The first-order valence-corrected chi connectivity index (χ1v) is 7.29. The van der Waals surface area contributed by atoms with Crippen LogP contribution in [0.2, 0.25) is 0 Å². The van der Waals surface area contributed by atoms with Gasteiger partial charge in [0.05, 0.1) is 17.3 Å². The predicted molar refractivity (Wildman–Crippen MR) is 76.6 cm³/mol. The van der Waals surface area contributed by atoms with Crippen molar-refractivity contribution < 1.29 is 4.79 Å². The molecule has 21 heavy (non-hydrogen) atoms. The predicted octanol–water partition coefficient (Wildman–Crippen LogP) is 2.08. The van der Waals surface area contributed by atoms with Crippen molar-refractivity contribution in [3.8, 4) is 0 Å². The van der Waals surface area contributed by atoms with Gasteiger partial charge in [-0.25, -0.2) is 9.97 Å². The summed E-state index contributed by atoms with van der Waals surface area (Å²) in [7, 11) is 0. The maximum atomic E-state index is 12.8. The van der Waals surface area contributed by atoms with Gasteiger partial charge in [-0.3, -0.25) is 9.78 Å². The zero-order valence-corrected chi connectivity index (χ0v) is 11.9. The molecule has 1 saturated heterocycles. The monoisotopic (exact) mass is 280 g/mol. The van der Waals surface area contributed by atoms with Gasteiger partial charge in [0.25, 0.3) is 5.91 Å². The van der Waals surface area contributed by atoms with Crippen molar-refractivity contribution in [2.75, 3.05) is 0 Å². The van der Waals surface area contributed by atoms with Gasteiger partial charge in [-0.05, 0) is 31.9 Å². The Kier molecular flexibility index (Phi) is 2.74. The van der Waals surface area contributed by atoms with Gasteiger partial charge in [0.1, 0.15) is 5.82 Å². The first-order chi connectivity index (χ1) is 10.2. The lowest BCUT2D eigenvalue weighted by atomic mass is 9.98. The minimum absolute atomic E-state index is 0.0711. The van der Waals surface area contributed by atoms with Crippen LogP contribution < -0.4 is 0 Å². The number of carbonyl (C=O) groups is 1. The maximum absolute atomic E-state index is 12.8. The van der Waals surface area contributed by atoms with Gasteiger partial charge in [0.15, 0.2) is 0 Å². The van der Waals surface area contributed by atoms with E-state index in [2.05, 4.69) is 15.0 Å². The van der Waals surface area contributed by atoms with E-state index in [4.69, 9.17) is 0 Å². The lowest BCUT2D eigenvalue weighted by Gasteiger charge is -2.35. The number of rotatable bonds is 1. The Bertz CT molecular complexity index is 701. The van der Waals surface area contributed by atoms with E-state index in [9.17, 15) is 4.79 Å². The highest BCUT2D eigenvalue weighted by atomic mass is 16.2. The van der Waals surface area contributed by atoms with Crippen LogP contribution in [-0.2, 0) is 6.42 Å². The molecule has 0 aliphatic carbocycles. The molecule has 106 valence electrons. The Morgan fingerprint density at radius 2 is 2.24 bits per heavy atom. The quantitative estimate of drug-likeness (QED) is 0.802. The number of hydrogen-bond donors (Lipinski definition) is 0. The van der Waals surface area contributed by atoms with Gasteiger partial charge in [-0.2, -0.15) is 0 Å². The van der Waals surface area contributed by atoms with E-state index in [-0.39, 0.29) is 18.0 Å². The molecule has 4 heterocycles. The highest BCUT2D eigenvalue weighted by Gasteiger charge is 2.43. The summed E-state index contributed by atoms with van der Waals surface area (Å²) in [6, 6.07) is 4.01. The van der Waals surface area contributed by atoms with E-state index < -0.39 is 0 Å². The lowest BCUT2D eigenvalue weighted by molar-refractivity contribution is 0.0643. The average molecular weight is 280 g/mol. The molecule has 1 amide bonds. The molecular weight excluding hydrogens is 264 g/mol.